The zero-order chi connectivity index (χ0) is 19.5. The average Bonchev–Trinajstić information content (AvgIpc) is 2.53. The number of fused-ring (bicyclic) bond motifs is 1. The molecule has 0 atom stereocenters. The normalized spacial score (nSPS) is 11.5. The van der Waals surface area contributed by atoms with Crippen LogP contribution in [0.1, 0.15) is 56.1 Å². The highest BCUT2D eigenvalue weighted by atomic mass is 16.6. The van der Waals surface area contributed by atoms with Crippen LogP contribution in [-0.4, -0.2) is 27.2 Å². The molecule has 2 aromatic rings. The number of carboxylic acid groups (broad SMARTS) is 1. The third-order valence-corrected chi connectivity index (χ3v) is 4.07. The SMILES string of the molecule is Cn1c(CCCCC(=O)OC(C)(C)C)cc2cc(C(=O)O)ccc2c1=O. The standard InChI is InChI=1S/C20H25NO5/c1-20(2,3)26-17(22)8-6-5-7-15-12-14-11-13(19(24)25)9-10-16(14)18(23)21(15)4/h9-12H,5-8H2,1-4H3,(H,24,25). The number of unbranched alkanes of at least 4 members (excludes halogenated alkanes) is 1. The number of nitrogens with zero attached hydrogens (tertiary/aromatic N) is 1. The number of aryl methyl sites for hydroxylation is 1. The Morgan fingerprint density at radius 1 is 1.15 bits per heavy atom. The van der Waals surface area contributed by atoms with Gasteiger partial charge in [0, 0.05) is 24.5 Å². The first-order valence-corrected chi connectivity index (χ1v) is 8.66. The summed E-state index contributed by atoms with van der Waals surface area (Å²) >= 11 is 0. The van der Waals surface area contributed by atoms with Gasteiger partial charge in [-0.05, 0) is 69.7 Å². The molecule has 26 heavy (non-hydrogen) atoms. The van der Waals surface area contributed by atoms with Crippen molar-refractivity contribution in [2.45, 2.75) is 52.1 Å². The Bertz CT molecular complexity index is 889. The minimum atomic E-state index is -1.02. The molecule has 0 saturated heterocycles. The summed E-state index contributed by atoms with van der Waals surface area (Å²) in [5.41, 5.74) is 0.332. The molecule has 1 heterocycles. The van der Waals surface area contributed by atoms with E-state index < -0.39 is 11.6 Å². The summed E-state index contributed by atoms with van der Waals surface area (Å²) in [6, 6.07) is 6.35. The Labute approximate surface area is 152 Å². The number of esters is 1. The molecular weight excluding hydrogens is 334 g/mol. The van der Waals surface area contributed by atoms with E-state index in [1.54, 1.807) is 17.7 Å². The molecular formula is C20H25NO5. The molecule has 6 nitrogen and oxygen atoms in total. The monoisotopic (exact) mass is 359 g/mol. The summed E-state index contributed by atoms with van der Waals surface area (Å²) < 4.78 is 6.86. The molecule has 0 aliphatic heterocycles. The molecule has 0 aliphatic rings. The number of pyridine rings is 1. The van der Waals surface area contributed by atoms with E-state index in [1.165, 1.54) is 12.1 Å². The summed E-state index contributed by atoms with van der Waals surface area (Å²) in [4.78, 5) is 35.3. The van der Waals surface area contributed by atoms with Gasteiger partial charge in [-0.2, -0.15) is 0 Å². The lowest BCUT2D eigenvalue weighted by Gasteiger charge is -2.19. The van der Waals surface area contributed by atoms with Crippen molar-refractivity contribution >= 4 is 22.7 Å². The lowest BCUT2D eigenvalue weighted by molar-refractivity contribution is -0.154. The van der Waals surface area contributed by atoms with Gasteiger partial charge in [0.2, 0.25) is 0 Å². The van der Waals surface area contributed by atoms with E-state index in [0.29, 0.717) is 30.0 Å². The number of carboxylic acids is 1. The molecule has 0 unspecified atom stereocenters. The van der Waals surface area contributed by atoms with E-state index in [1.807, 2.05) is 26.8 Å². The van der Waals surface area contributed by atoms with Crippen LogP contribution in [0.5, 0.6) is 0 Å². The Morgan fingerprint density at radius 3 is 2.46 bits per heavy atom. The number of rotatable bonds is 6. The van der Waals surface area contributed by atoms with E-state index >= 15 is 0 Å². The maximum absolute atomic E-state index is 12.5. The Kier molecular flexibility index (Phi) is 5.85. The summed E-state index contributed by atoms with van der Waals surface area (Å²) in [6.07, 6.45) is 2.36. The number of ether oxygens (including phenoxy) is 1. The van der Waals surface area contributed by atoms with Crippen LogP contribution in [0.4, 0.5) is 0 Å². The molecule has 0 fully saturated rings. The second-order valence-electron chi connectivity index (χ2n) is 7.40. The van der Waals surface area contributed by atoms with Gasteiger partial charge in [-0.3, -0.25) is 9.59 Å². The highest BCUT2D eigenvalue weighted by Crippen LogP contribution is 2.17. The first kappa shape index (κ1) is 19.7. The second kappa shape index (κ2) is 7.72. The van der Waals surface area contributed by atoms with Gasteiger partial charge < -0.3 is 14.4 Å². The van der Waals surface area contributed by atoms with Gasteiger partial charge in [0.1, 0.15) is 5.60 Å². The van der Waals surface area contributed by atoms with E-state index in [-0.39, 0.29) is 17.1 Å². The molecule has 140 valence electrons. The molecule has 0 bridgehead atoms. The molecule has 1 N–H and O–H groups in total. The van der Waals surface area contributed by atoms with Crippen LogP contribution in [0, 0.1) is 0 Å². The number of carbonyl (C=O) groups is 2. The minimum Gasteiger partial charge on any atom is -0.478 e. The van der Waals surface area contributed by atoms with Crippen LogP contribution in [-0.2, 0) is 23.0 Å². The number of hydrogen-bond acceptors (Lipinski definition) is 4. The zero-order valence-corrected chi connectivity index (χ0v) is 15.7. The van der Waals surface area contributed by atoms with E-state index in [2.05, 4.69) is 0 Å². The van der Waals surface area contributed by atoms with E-state index in [4.69, 9.17) is 9.84 Å². The summed E-state index contributed by atoms with van der Waals surface area (Å²) in [5, 5.41) is 10.2. The first-order valence-electron chi connectivity index (χ1n) is 8.66. The predicted molar refractivity (Wildman–Crippen MR) is 99.5 cm³/mol. The first-order chi connectivity index (χ1) is 12.1. The average molecular weight is 359 g/mol. The highest BCUT2D eigenvalue weighted by molar-refractivity contribution is 5.94. The fraction of sp³-hybridized carbons (Fsp3) is 0.450. The van der Waals surface area contributed by atoms with Crippen molar-refractivity contribution in [1.29, 1.82) is 0 Å². The second-order valence-corrected chi connectivity index (χ2v) is 7.40. The van der Waals surface area contributed by atoms with Crippen molar-refractivity contribution in [3.05, 3.63) is 45.9 Å². The summed E-state index contributed by atoms with van der Waals surface area (Å²) in [5.74, 6) is -1.25. The van der Waals surface area contributed by atoms with Crippen molar-refractivity contribution in [3.8, 4) is 0 Å². The van der Waals surface area contributed by atoms with Gasteiger partial charge in [-0.25, -0.2) is 4.79 Å². The Hall–Kier alpha value is -2.63. The number of aromatic carboxylic acids is 1. The van der Waals surface area contributed by atoms with Crippen molar-refractivity contribution in [3.63, 3.8) is 0 Å². The van der Waals surface area contributed by atoms with Crippen LogP contribution in [0.25, 0.3) is 10.8 Å². The summed E-state index contributed by atoms with van der Waals surface area (Å²) in [6.45, 7) is 5.50. The van der Waals surface area contributed by atoms with Crippen LogP contribution < -0.4 is 5.56 Å². The topological polar surface area (TPSA) is 85.6 Å². The molecule has 0 radical (unpaired) electrons. The van der Waals surface area contributed by atoms with Crippen molar-refractivity contribution < 1.29 is 19.4 Å². The number of benzene rings is 1. The zero-order valence-electron chi connectivity index (χ0n) is 15.7. The van der Waals surface area contributed by atoms with Gasteiger partial charge in [0.05, 0.1) is 5.56 Å². The third-order valence-electron chi connectivity index (χ3n) is 4.07. The number of aromatic nitrogens is 1. The third kappa shape index (κ3) is 4.94. The minimum absolute atomic E-state index is 0.151. The van der Waals surface area contributed by atoms with Gasteiger partial charge in [-0.1, -0.05) is 0 Å². The molecule has 0 aliphatic carbocycles. The van der Waals surface area contributed by atoms with Crippen LogP contribution in [0.15, 0.2) is 29.1 Å². The number of hydrogen-bond donors (Lipinski definition) is 1. The predicted octanol–water partition coefficient (Wildman–Crippen LogP) is 3.29. The number of carbonyl (C=O) groups excluding carboxylic acids is 1. The Balaban J connectivity index is 2.09. The van der Waals surface area contributed by atoms with E-state index in [0.717, 1.165) is 12.1 Å². The molecule has 0 saturated carbocycles. The molecule has 0 spiro atoms. The maximum Gasteiger partial charge on any atom is 0.335 e. The molecule has 1 aromatic heterocycles. The smallest absolute Gasteiger partial charge is 0.335 e. The fourth-order valence-electron chi connectivity index (χ4n) is 2.81. The van der Waals surface area contributed by atoms with Crippen LogP contribution in [0.2, 0.25) is 0 Å². The Morgan fingerprint density at radius 2 is 1.85 bits per heavy atom. The van der Waals surface area contributed by atoms with Crippen LogP contribution >= 0.6 is 0 Å². The summed E-state index contributed by atoms with van der Waals surface area (Å²) in [7, 11) is 1.70. The van der Waals surface area contributed by atoms with Gasteiger partial charge in [0.15, 0.2) is 0 Å². The van der Waals surface area contributed by atoms with Crippen molar-refractivity contribution in [2.75, 3.05) is 0 Å². The van der Waals surface area contributed by atoms with Crippen molar-refractivity contribution in [2.24, 2.45) is 7.05 Å². The maximum atomic E-state index is 12.5. The molecule has 6 heteroatoms. The lowest BCUT2D eigenvalue weighted by Crippen LogP contribution is -2.23. The van der Waals surface area contributed by atoms with Gasteiger partial charge in [0.25, 0.3) is 5.56 Å². The molecule has 1 aromatic carbocycles. The highest BCUT2D eigenvalue weighted by Gasteiger charge is 2.16. The molecule has 0 amide bonds. The lowest BCUT2D eigenvalue weighted by atomic mass is 10.0. The van der Waals surface area contributed by atoms with Gasteiger partial charge >= 0.3 is 11.9 Å². The van der Waals surface area contributed by atoms with E-state index in [9.17, 15) is 14.4 Å². The fourth-order valence-corrected chi connectivity index (χ4v) is 2.81. The van der Waals surface area contributed by atoms with Gasteiger partial charge in [-0.15, -0.1) is 0 Å². The molecule has 2 rings (SSSR count). The quantitative estimate of drug-likeness (QED) is 0.632. The van der Waals surface area contributed by atoms with Crippen LogP contribution in [0.3, 0.4) is 0 Å². The van der Waals surface area contributed by atoms with Crippen molar-refractivity contribution in [1.82, 2.24) is 4.57 Å². The largest absolute Gasteiger partial charge is 0.478 e.